The van der Waals surface area contributed by atoms with Crippen LogP contribution in [0.4, 0.5) is 5.69 Å². The van der Waals surface area contributed by atoms with Crippen LogP contribution in [0.1, 0.15) is 13.8 Å². The molecule has 15 heavy (non-hydrogen) atoms. The highest BCUT2D eigenvalue weighted by Gasteiger charge is 2.05. The first-order valence-electron chi connectivity index (χ1n) is 4.85. The number of aromatic nitrogens is 2. The molecule has 3 nitrogen and oxygen atoms in total. The molecule has 0 spiro atoms. The maximum atomic E-state index is 4.11. The molecule has 0 aliphatic heterocycles. The molecule has 0 aliphatic rings. The molecule has 1 N–H and O–H groups in total. The largest absolute Gasteiger partial charge is 0.381 e. The van der Waals surface area contributed by atoms with E-state index in [0.29, 0.717) is 6.04 Å². The lowest BCUT2D eigenvalue weighted by Crippen LogP contribution is -2.10. The molecule has 2 aromatic rings. The Balaban J connectivity index is 2.61. The fraction of sp³-hybridized carbons (Fsp3) is 0.273. The van der Waals surface area contributed by atoms with E-state index < -0.39 is 0 Å². The Kier molecular flexibility index (Phi) is 2.86. The van der Waals surface area contributed by atoms with E-state index in [4.69, 9.17) is 0 Å². The molecular weight excluding hydrogens is 254 g/mol. The van der Waals surface area contributed by atoms with Crippen molar-refractivity contribution in [1.82, 2.24) is 10.2 Å². The zero-order valence-corrected chi connectivity index (χ0v) is 10.2. The molecule has 0 fully saturated rings. The number of fused-ring (bicyclic) bond motifs is 1. The number of nitrogens with one attached hydrogen (secondary N) is 1. The Bertz CT molecular complexity index is 482. The van der Waals surface area contributed by atoms with Gasteiger partial charge in [0.05, 0.1) is 11.9 Å². The van der Waals surface area contributed by atoms with Gasteiger partial charge in [-0.2, -0.15) is 5.10 Å². The van der Waals surface area contributed by atoms with Crippen LogP contribution in [-0.2, 0) is 0 Å². The first-order chi connectivity index (χ1) is 7.18. The molecule has 1 heterocycles. The lowest BCUT2D eigenvalue weighted by Gasteiger charge is -2.11. The molecule has 0 bridgehead atoms. The lowest BCUT2D eigenvalue weighted by atomic mass is 10.2. The van der Waals surface area contributed by atoms with Gasteiger partial charge in [-0.25, -0.2) is 0 Å². The van der Waals surface area contributed by atoms with E-state index in [1.807, 2.05) is 18.2 Å². The molecule has 0 unspecified atom stereocenters. The summed E-state index contributed by atoms with van der Waals surface area (Å²) in [5.41, 5.74) is 1.92. The molecular formula is C11H12BrN3. The minimum absolute atomic E-state index is 0.386. The fourth-order valence-electron chi connectivity index (χ4n) is 1.47. The summed E-state index contributed by atoms with van der Waals surface area (Å²) in [6.45, 7) is 4.20. The lowest BCUT2D eigenvalue weighted by molar-refractivity contribution is 0.897. The zero-order valence-electron chi connectivity index (χ0n) is 8.66. The van der Waals surface area contributed by atoms with Crippen LogP contribution in [0, 0.1) is 0 Å². The smallest absolute Gasteiger partial charge is 0.109 e. The first-order valence-corrected chi connectivity index (χ1v) is 5.64. The van der Waals surface area contributed by atoms with Crippen LogP contribution >= 0.6 is 15.9 Å². The summed E-state index contributed by atoms with van der Waals surface area (Å²) >= 11 is 3.47. The summed E-state index contributed by atoms with van der Waals surface area (Å²) in [7, 11) is 0. The van der Waals surface area contributed by atoms with Gasteiger partial charge in [-0.15, -0.1) is 5.10 Å². The van der Waals surface area contributed by atoms with Crippen molar-refractivity contribution in [3.05, 3.63) is 28.9 Å². The van der Waals surface area contributed by atoms with Crippen LogP contribution in [-0.4, -0.2) is 16.2 Å². The average molecular weight is 266 g/mol. The van der Waals surface area contributed by atoms with E-state index in [-0.39, 0.29) is 0 Å². The van der Waals surface area contributed by atoms with E-state index in [9.17, 15) is 0 Å². The van der Waals surface area contributed by atoms with Gasteiger partial charge in [0.25, 0.3) is 0 Å². The first kappa shape index (κ1) is 10.4. The van der Waals surface area contributed by atoms with Crippen LogP contribution in [0.15, 0.2) is 28.9 Å². The maximum Gasteiger partial charge on any atom is 0.109 e. The Morgan fingerprint density at radius 3 is 2.87 bits per heavy atom. The summed E-state index contributed by atoms with van der Waals surface area (Å²) in [4.78, 5) is 0. The van der Waals surface area contributed by atoms with Crippen LogP contribution in [0.2, 0.25) is 0 Å². The third-order valence-electron chi connectivity index (χ3n) is 2.07. The molecule has 78 valence electrons. The zero-order chi connectivity index (χ0) is 10.8. The summed E-state index contributed by atoms with van der Waals surface area (Å²) < 4.78 is 0.972. The van der Waals surface area contributed by atoms with Crippen LogP contribution < -0.4 is 5.32 Å². The van der Waals surface area contributed by atoms with Crippen molar-refractivity contribution in [2.45, 2.75) is 19.9 Å². The van der Waals surface area contributed by atoms with Gasteiger partial charge in [0, 0.05) is 15.9 Å². The third kappa shape index (κ3) is 2.09. The summed E-state index contributed by atoms with van der Waals surface area (Å²) in [5.74, 6) is 0. The number of hydrogen-bond acceptors (Lipinski definition) is 3. The third-order valence-corrected chi connectivity index (χ3v) is 2.71. The summed E-state index contributed by atoms with van der Waals surface area (Å²) in [5, 5.41) is 12.5. The van der Waals surface area contributed by atoms with E-state index >= 15 is 0 Å². The van der Waals surface area contributed by atoms with Gasteiger partial charge >= 0.3 is 0 Å². The minimum atomic E-state index is 0.386. The number of nitrogens with zero attached hydrogens (tertiary/aromatic N) is 2. The van der Waals surface area contributed by atoms with Gasteiger partial charge in [0.1, 0.15) is 5.52 Å². The van der Waals surface area contributed by atoms with Gasteiger partial charge in [-0.3, -0.25) is 0 Å². The second kappa shape index (κ2) is 4.14. The van der Waals surface area contributed by atoms with Crippen LogP contribution in [0.5, 0.6) is 0 Å². The van der Waals surface area contributed by atoms with Crippen molar-refractivity contribution >= 4 is 32.5 Å². The van der Waals surface area contributed by atoms with Crippen LogP contribution in [0.25, 0.3) is 10.9 Å². The quantitative estimate of drug-likeness (QED) is 0.906. The molecule has 4 heteroatoms. The monoisotopic (exact) mass is 265 g/mol. The number of halogens is 1. The molecule has 0 saturated carbocycles. The van der Waals surface area contributed by atoms with Crippen molar-refractivity contribution in [3.8, 4) is 0 Å². The molecule has 0 radical (unpaired) electrons. The number of benzene rings is 1. The number of anilines is 1. The van der Waals surface area contributed by atoms with E-state index in [1.165, 1.54) is 0 Å². The molecule has 0 atom stereocenters. The Hall–Kier alpha value is -1.16. The topological polar surface area (TPSA) is 37.8 Å². The molecule has 1 aromatic heterocycles. The van der Waals surface area contributed by atoms with Crippen LogP contribution in [0.3, 0.4) is 0 Å². The van der Waals surface area contributed by atoms with Gasteiger partial charge in [0.15, 0.2) is 0 Å². The van der Waals surface area contributed by atoms with E-state index in [2.05, 4.69) is 45.3 Å². The van der Waals surface area contributed by atoms with Gasteiger partial charge in [-0.05, 0) is 35.8 Å². The standard InChI is InChI=1S/C11H12BrN3/c1-7(2)14-10-6-13-15-11-8(10)4-3-5-9(11)12/h3-7H,1-2H3,(H,14,15). The fourth-order valence-corrected chi connectivity index (χ4v) is 1.92. The van der Waals surface area contributed by atoms with Crippen molar-refractivity contribution in [2.24, 2.45) is 0 Å². The van der Waals surface area contributed by atoms with Crippen molar-refractivity contribution < 1.29 is 0 Å². The van der Waals surface area contributed by atoms with E-state index in [1.54, 1.807) is 6.20 Å². The van der Waals surface area contributed by atoms with Crippen molar-refractivity contribution in [2.75, 3.05) is 5.32 Å². The second-order valence-corrected chi connectivity index (χ2v) is 4.55. The molecule has 0 amide bonds. The predicted molar refractivity (Wildman–Crippen MR) is 66.0 cm³/mol. The molecule has 2 rings (SSSR count). The van der Waals surface area contributed by atoms with Gasteiger partial charge < -0.3 is 5.32 Å². The highest BCUT2D eigenvalue weighted by molar-refractivity contribution is 9.10. The molecule has 0 saturated heterocycles. The van der Waals surface area contributed by atoms with Gasteiger partial charge in [0.2, 0.25) is 0 Å². The number of rotatable bonds is 2. The Morgan fingerprint density at radius 1 is 1.33 bits per heavy atom. The highest BCUT2D eigenvalue weighted by Crippen LogP contribution is 2.26. The summed E-state index contributed by atoms with van der Waals surface area (Å²) in [6.07, 6.45) is 1.76. The predicted octanol–water partition coefficient (Wildman–Crippen LogP) is 3.21. The number of hydrogen-bond donors (Lipinski definition) is 1. The Labute approximate surface area is 97.0 Å². The SMILES string of the molecule is CC(C)Nc1cnnc2c(Br)cccc12. The molecule has 1 aromatic carbocycles. The summed E-state index contributed by atoms with van der Waals surface area (Å²) in [6, 6.07) is 6.39. The minimum Gasteiger partial charge on any atom is -0.381 e. The highest BCUT2D eigenvalue weighted by atomic mass is 79.9. The normalized spacial score (nSPS) is 10.9. The second-order valence-electron chi connectivity index (χ2n) is 3.69. The van der Waals surface area contributed by atoms with E-state index in [0.717, 1.165) is 21.1 Å². The maximum absolute atomic E-state index is 4.11. The average Bonchev–Trinajstić information content (AvgIpc) is 2.19. The van der Waals surface area contributed by atoms with Gasteiger partial charge in [-0.1, -0.05) is 12.1 Å². The van der Waals surface area contributed by atoms with Crippen molar-refractivity contribution in [3.63, 3.8) is 0 Å². The molecule has 0 aliphatic carbocycles. The Morgan fingerprint density at radius 2 is 2.13 bits per heavy atom. The van der Waals surface area contributed by atoms with Crippen molar-refractivity contribution in [1.29, 1.82) is 0 Å².